The molecule has 1 aliphatic carbocycles. The highest BCUT2D eigenvalue weighted by atomic mass is 16.5. The molecule has 2 N–H and O–H groups in total. The standard InChI is InChI=1S/C9H17NO/c10-6-8-2-5-9(7-11-8)3-1-4-9/h8H,1-7,10H2/t8-/m1/s1. The van der Waals surface area contributed by atoms with E-state index in [1.54, 1.807) is 0 Å². The Labute approximate surface area is 68.1 Å². The molecule has 0 aromatic rings. The van der Waals surface area contributed by atoms with E-state index in [4.69, 9.17) is 10.5 Å². The Morgan fingerprint density at radius 2 is 2.18 bits per heavy atom. The topological polar surface area (TPSA) is 35.2 Å². The van der Waals surface area contributed by atoms with Crippen molar-refractivity contribution >= 4 is 0 Å². The molecule has 11 heavy (non-hydrogen) atoms. The van der Waals surface area contributed by atoms with E-state index in [9.17, 15) is 0 Å². The van der Waals surface area contributed by atoms with E-state index in [0.29, 0.717) is 18.1 Å². The molecule has 0 amide bonds. The van der Waals surface area contributed by atoms with Crippen molar-refractivity contribution in [3.05, 3.63) is 0 Å². The van der Waals surface area contributed by atoms with Crippen LogP contribution in [0.5, 0.6) is 0 Å². The van der Waals surface area contributed by atoms with Crippen molar-refractivity contribution < 1.29 is 4.74 Å². The Morgan fingerprint density at radius 1 is 1.36 bits per heavy atom. The second-order valence-electron chi connectivity index (χ2n) is 4.06. The maximum Gasteiger partial charge on any atom is 0.0697 e. The number of rotatable bonds is 1. The molecular weight excluding hydrogens is 138 g/mol. The summed E-state index contributed by atoms with van der Waals surface area (Å²) in [5, 5.41) is 0. The molecule has 1 aliphatic heterocycles. The first-order valence-electron chi connectivity index (χ1n) is 4.66. The Balaban J connectivity index is 1.84. The van der Waals surface area contributed by atoms with Crippen LogP contribution in [0.15, 0.2) is 0 Å². The summed E-state index contributed by atoms with van der Waals surface area (Å²) in [6, 6.07) is 0. The third-order valence-electron chi connectivity index (χ3n) is 3.30. The molecule has 1 saturated heterocycles. The van der Waals surface area contributed by atoms with Gasteiger partial charge in [0.25, 0.3) is 0 Å². The van der Waals surface area contributed by atoms with Gasteiger partial charge in [-0.3, -0.25) is 0 Å². The van der Waals surface area contributed by atoms with Crippen molar-refractivity contribution in [3.8, 4) is 0 Å². The van der Waals surface area contributed by atoms with Gasteiger partial charge in [-0.05, 0) is 31.1 Å². The number of nitrogens with two attached hydrogens (primary N) is 1. The van der Waals surface area contributed by atoms with Crippen LogP contribution in [0.4, 0.5) is 0 Å². The minimum Gasteiger partial charge on any atom is -0.376 e. The van der Waals surface area contributed by atoms with Crippen LogP contribution < -0.4 is 5.73 Å². The average Bonchev–Trinajstić information content (AvgIpc) is 2.02. The minimum absolute atomic E-state index is 0.362. The lowest BCUT2D eigenvalue weighted by molar-refractivity contribution is -0.0922. The van der Waals surface area contributed by atoms with E-state index in [1.165, 1.54) is 32.1 Å². The van der Waals surface area contributed by atoms with Gasteiger partial charge in [-0.25, -0.2) is 0 Å². The van der Waals surface area contributed by atoms with Crippen LogP contribution >= 0.6 is 0 Å². The molecule has 0 unspecified atom stereocenters. The number of ether oxygens (including phenoxy) is 1. The molecule has 0 aromatic heterocycles. The van der Waals surface area contributed by atoms with Gasteiger partial charge < -0.3 is 10.5 Å². The molecule has 2 aliphatic rings. The maximum atomic E-state index is 5.66. The molecule has 0 radical (unpaired) electrons. The summed E-state index contributed by atoms with van der Waals surface area (Å²) in [4.78, 5) is 0. The molecule has 0 bridgehead atoms. The lowest BCUT2D eigenvalue weighted by Crippen LogP contribution is -2.43. The fraction of sp³-hybridized carbons (Fsp3) is 1.00. The van der Waals surface area contributed by atoms with E-state index >= 15 is 0 Å². The van der Waals surface area contributed by atoms with Crippen molar-refractivity contribution in [2.45, 2.75) is 38.2 Å². The van der Waals surface area contributed by atoms with Gasteiger partial charge in [-0.2, -0.15) is 0 Å². The lowest BCUT2D eigenvalue weighted by atomic mass is 9.65. The van der Waals surface area contributed by atoms with Gasteiger partial charge in [0.05, 0.1) is 12.7 Å². The lowest BCUT2D eigenvalue weighted by Gasteiger charge is -2.46. The summed E-state index contributed by atoms with van der Waals surface area (Å²) in [6.07, 6.45) is 7.11. The first-order chi connectivity index (χ1) is 5.35. The zero-order chi connectivity index (χ0) is 7.73. The van der Waals surface area contributed by atoms with Crippen molar-refractivity contribution in [2.75, 3.05) is 13.2 Å². The van der Waals surface area contributed by atoms with Gasteiger partial charge in [0.1, 0.15) is 0 Å². The fourth-order valence-electron chi connectivity index (χ4n) is 2.17. The Bertz CT molecular complexity index is 132. The summed E-state index contributed by atoms with van der Waals surface area (Å²) >= 11 is 0. The van der Waals surface area contributed by atoms with Crippen LogP contribution in [0.1, 0.15) is 32.1 Å². The number of hydrogen-bond donors (Lipinski definition) is 1. The second-order valence-corrected chi connectivity index (χ2v) is 4.06. The predicted octanol–water partition coefficient (Wildman–Crippen LogP) is 1.29. The molecule has 1 saturated carbocycles. The summed E-state index contributed by atoms with van der Waals surface area (Å²) in [5.74, 6) is 0. The minimum atomic E-state index is 0.362. The molecular formula is C9H17NO. The highest BCUT2D eigenvalue weighted by molar-refractivity contribution is 4.91. The van der Waals surface area contributed by atoms with Gasteiger partial charge in [0.15, 0.2) is 0 Å². The molecule has 1 spiro atoms. The average molecular weight is 155 g/mol. The molecule has 2 nitrogen and oxygen atoms in total. The second kappa shape index (κ2) is 2.76. The molecule has 2 rings (SSSR count). The SMILES string of the molecule is NC[C@H]1CCC2(CCC2)CO1. The van der Waals surface area contributed by atoms with Crippen molar-refractivity contribution in [1.82, 2.24) is 0 Å². The summed E-state index contributed by atoms with van der Waals surface area (Å²) in [7, 11) is 0. The van der Waals surface area contributed by atoms with Gasteiger partial charge in [-0.1, -0.05) is 6.42 Å². The van der Waals surface area contributed by atoms with Gasteiger partial charge in [0, 0.05) is 6.54 Å². The molecule has 1 heterocycles. The van der Waals surface area contributed by atoms with Crippen LogP contribution in [0.25, 0.3) is 0 Å². The zero-order valence-electron chi connectivity index (χ0n) is 7.01. The Morgan fingerprint density at radius 3 is 2.55 bits per heavy atom. The first-order valence-corrected chi connectivity index (χ1v) is 4.66. The van der Waals surface area contributed by atoms with Gasteiger partial charge in [0.2, 0.25) is 0 Å². The zero-order valence-corrected chi connectivity index (χ0v) is 7.01. The van der Waals surface area contributed by atoms with Crippen molar-refractivity contribution in [1.29, 1.82) is 0 Å². The van der Waals surface area contributed by atoms with E-state index in [-0.39, 0.29) is 0 Å². The monoisotopic (exact) mass is 155 g/mol. The predicted molar refractivity (Wildman–Crippen MR) is 44.3 cm³/mol. The van der Waals surface area contributed by atoms with E-state index in [1.807, 2.05) is 0 Å². The van der Waals surface area contributed by atoms with Gasteiger partial charge >= 0.3 is 0 Å². The molecule has 0 aromatic carbocycles. The van der Waals surface area contributed by atoms with Crippen molar-refractivity contribution in [2.24, 2.45) is 11.1 Å². The Kier molecular flexibility index (Phi) is 1.90. The smallest absolute Gasteiger partial charge is 0.0697 e. The van der Waals surface area contributed by atoms with E-state index < -0.39 is 0 Å². The highest BCUT2D eigenvalue weighted by Crippen LogP contribution is 2.47. The molecule has 1 atom stereocenters. The van der Waals surface area contributed by atoms with Crippen LogP contribution in [-0.4, -0.2) is 19.3 Å². The number of hydrogen-bond acceptors (Lipinski definition) is 2. The van der Waals surface area contributed by atoms with Crippen LogP contribution in [0.3, 0.4) is 0 Å². The van der Waals surface area contributed by atoms with E-state index in [0.717, 1.165) is 6.61 Å². The fourth-order valence-corrected chi connectivity index (χ4v) is 2.17. The molecule has 2 heteroatoms. The highest BCUT2D eigenvalue weighted by Gasteiger charge is 2.40. The third-order valence-corrected chi connectivity index (χ3v) is 3.30. The largest absolute Gasteiger partial charge is 0.376 e. The summed E-state index contributed by atoms with van der Waals surface area (Å²) < 4.78 is 5.66. The molecule has 2 fully saturated rings. The van der Waals surface area contributed by atoms with E-state index in [2.05, 4.69) is 0 Å². The van der Waals surface area contributed by atoms with Crippen LogP contribution in [-0.2, 0) is 4.74 Å². The van der Waals surface area contributed by atoms with Crippen molar-refractivity contribution in [3.63, 3.8) is 0 Å². The van der Waals surface area contributed by atoms with Crippen LogP contribution in [0.2, 0.25) is 0 Å². The quantitative estimate of drug-likeness (QED) is 0.619. The summed E-state index contributed by atoms with van der Waals surface area (Å²) in [5.41, 5.74) is 6.13. The first kappa shape index (κ1) is 7.56. The normalized spacial score (nSPS) is 35.2. The molecule has 64 valence electrons. The summed E-state index contributed by atoms with van der Waals surface area (Å²) in [6.45, 7) is 1.69. The van der Waals surface area contributed by atoms with Gasteiger partial charge in [-0.15, -0.1) is 0 Å². The van der Waals surface area contributed by atoms with Crippen LogP contribution in [0, 0.1) is 5.41 Å². The third kappa shape index (κ3) is 1.30. The maximum absolute atomic E-state index is 5.66. The Hall–Kier alpha value is -0.0800.